The second-order valence-electron chi connectivity index (χ2n) is 5.61. The van der Waals surface area contributed by atoms with Gasteiger partial charge in [0.05, 0.1) is 0 Å². The predicted molar refractivity (Wildman–Crippen MR) is 55.6 cm³/mol. The third kappa shape index (κ3) is 2.05. The Kier molecular flexibility index (Phi) is 2.37. The van der Waals surface area contributed by atoms with Gasteiger partial charge in [0.15, 0.2) is 0 Å². The Labute approximate surface area is 81.5 Å². The van der Waals surface area contributed by atoms with Gasteiger partial charge in [-0.25, -0.2) is 0 Å². The molecule has 0 aromatic carbocycles. The average Bonchev–Trinajstić information content (AvgIpc) is 2.00. The van der Waals surface area contributed by atoms with Crippen LogP contribution >= 0.6 is 0 Å². The molecule has 0 aromatic rings. The highest BCUT2D eigenvalue weighted by Gasteiger charge is 2.34. The first kappa shape index (κ1) is 9.47. The third-order valence-electron chi connectivity index (χ3n) is 3.76. The number of rotatable bonds is 1. The van der Waals surface area contributed by atoms with Crippen LogP contribution in [0.5, 0.6) is 0 Å². The fourth-order valence-corrected chi connectivity index (χ4v) is 2.60. The van der Waals surface area contributed by atoms with Gasteiger partial charge in [-0.2, -0.15) is 0 Å². The van der Waals surface area contributed by atoms with Crippen molar-refractivity contribution in [2.24, 2.45) is 11.1 Å². The maximum atomic E-state index is 5.79. The molecule has 76 valence electrons. The third-order valence-corrected chi connectivity index (χ3v) is 3.76. The van der Waals surface area contributed by atoms with Gasteiger partial charge in [-0.1, -0.05) is 13.8 Å². The zero-order chi connectivity index (χ0) is 9.47. The zero-order valence-corrected chi connectivity index (χ0v) is 8.92. The normalized spacial score (nSPS) is 31.6. The van der Waals surface area contributed by atoms with Gasteiger partial charge in [0.2, 0.25) is 0 Å². The number of nitrogens with zero attached hydrogens (tertiary/aromatic N) is 1. The van der Waals surface area contributed by atoms with Crippen molar-refractivity contribution in [2.75, 3.05) is 13.1 Å². The van der Waals surface area contributed by atoms with Crippen molar-refractivity contribution in [3.05, 3.63) is 0 Å². The van der Waals surface area contributed by atoms with Crippen molar-refractivity contribution in [2.45, 2.75) is 51.6 Å². The fourth-order valence-electron chi connectivity index (χ4n) is 2.60. The molecule has 2 fully saturated rings. The summed E-state index contributed by atoms with van der Waals surface area (Å²) in [4.78, 5) is 2.57. The molecular formula is C11H22N2. The van der Waals surface area contributed by atoms with Gasteiger partial charge in [0, 0.05) is 25.2 Å². The highest BCUT2D eigenvalue weighted by molar-refractivity contribution is 4.91. The maximum absolute atomic E-state index is 5.79. The summed E-state index contributed by atoms with van der Waals surface area (Å²) < 4.78 is 0. The summed E-state index contributed by atoms with van der Waals surface area (Å²) in [6.07, 6.45) is 5.56. The molecule has 2 aliphatic rings. The molecule has 1 aliphatic carbocycles. The summed E-state index contributed by atoms with van der Waals surface area (Å²) in [5, 5.41) is 0. The Bertz CT molecular complexity index is 173. The van der Waals surface area contributed by atoms with Crippen LogP contribution in [0.25, 0.3) is 0 Å². The van der Waals surface area contributed by atoms with E-state index in [0.29, 0.717) is 11.5 Å². The molecule has 1 aliphatic heterocycles. The molecule has 0 atom stereocenters. The lowest BCUT2D eigenvalue weighted by Gasteiger charge is -2.46. The van der Waals surface area contributed by atoms with Gasteiger partial charge in [0.1, 0.15) is 0 Å². The van der Waals surface area contributed by atoms with Gasteiger partial charge in [-0.05, 0) is 31.1 Å². The standard InChI is InChI=1S/C11H22N2/c1-11(2)5-3-10(4-6-11)13-7-9(12)8-13/h9-10H,3-8,12H2,1-2H3. The molecule has 0 spiro atoms. The van der Waals surface area contributed by atoms with E-state index in [4.69, 9.17) is 5.73 Å². The maximum Gasteiger partial charge on any atom is 0.0297 e. The Morgan fingerprint density at radius 1 is 1.15 bits per heavy atom. The Balaban J connectivity index is 1.79. The molecule has 1 saturated heterocycles. The molecule has 2 nitrogen and oxygen atoms in total. The molecule has 1 saturated carbocycles. The number of hydrogen-bond donors (Lipinski definition) is 1. The molecule has 2 rings (SSSR count). The second kappa shape index (κ2) is 3.25. The first-order valence-electron chi connectivity index (χ1n) is 5.56. The van der Waals surface area contributed by atoms with Crippen LogP contribution in [0.4, 0.5) is 0 Å². The van der Waals surface area contributed by atoms with Crippen LogP contribution in [0.3, 0.4) is 0 Å². The highest BCUT2D eigenvalue weighted by Crippen LogP contribution is 2.37. The minimum Gasteiger partial charge on any atom is -0.325 e. The summed E-state index contributed by atoms with van der Waals surface area (Å²) in [5.74, 6) is 0. The smallest absolute Gasteiger partial charge is 0.0297 e. The summed E-state index contributed by atoms with van der Waals surface area (Å²) in [6.45, 7) is 7.08. The predicted octanol–water partition coefficient (Wildman–Crippen LogP) is 1.60. The van der Waals surface area contributed by atoms with Crippen molar-refractivity contribution in [3.63, 3.8) is 0 Å². The zero-order valence-electron chi connectivity index (χ0n) is 8.92. The van der Waals surface area contributed by atoms with Crippen LogP contribution in [0.1, 0.15) is 39.5 Å². The van der Waals surface area contributed by atoms with E-state index < -0.39 is 0 Å². The van der Waals surface area contributed by atoms with Crippen molar-refractivity contribution < 1.29 is 0 Å². The van der Waals surface area contributed by atoms with E-state index in [9.17, 15) is 0 Å². The molecular weight excluding hydrogens is 160 g/mol. The van der Waals surface area contributed by atoms with Gasteiger partial charge >= 0.3 is 0 Å². The molecule has 2 heteroatoms. The monoisotopic (exact) mass is 182 g/mol. The van der Waals surface area contributed by atoms with E-state index in [2.05, 4.69) is 18.7 Å². The average molecular weight is 182 g/mol. The summed E-state index contributed by atoms with van der Waals surface area (Å²) in [6, 6.07) is 1.32. The first-order valence-corrected chi connectivity index (χ1v) is 5.56. The van der Waals surface area contributed by atoms with E-state index in [1.165, 1.54) is 25.7 Å². The lowest BCUT2D eigenvalue weighted by molar-refractivity contribution is 0.0465. The molecule has 2 N–H and O–H groups in total. The topological polar surface area (TPSA) is 29.3 Å². The quantitative estimate of drug-likeness (QED) is 0.667. The van der Waals surface area contributed by atoms with E-state index in [1.807, 2.05) is 0 Å². The van der Waals surface area contributed by atoms with Crippen molar-refractivity contribution >= 4 is 0 Å². The molecule has 0 unspecified atom stereocenters. The van der Waals surface area contributed by atoms with Crippen molar-refractivity contribution in [1.82, 2.24) is 4.90 Å². The molecule has 0 radical (unpaired) electrons. The lowest BCUT2D eigenvalue weighted by atomic mass is 9.74. The molecule has 13 heavy (non-hydrogen) atoms. The highest BCUT2D eigenvalue weighted by atomic mass is 15.2. The van der Waals surface area contributed by atoms with Crippen molar-refractivity contribution in [1.29, 1.82) is 0 Å². The van der Waals surface area contributed by atoms with Crippen LogP contribution in [-0.4, -0.2) is 30.1 Å². The van der Waals surface area contributed by atoms with Gasteiger partial charge in [-0.3, -0.25) is 4.90 Å². The van der Waals surface area contributed by atoms with E-state index in [-0.39, 0.29) is 0 Å². The molecule has 0 aromatic heterocycles. The first-order chi connectivity index (χ1) is 6.07. The number of likely N-dealkylation sites (tertiary alicyclic amines) is 1. The van der Waals surface area contributed by atoms with Crippen LogP contribution in [0.2, 0.25) is 0 Å². The van der Waals surface area contributed by atoms with E-state index in [1.54, 1.807) is 0 Å². The minimum absolute atomic E-state index is 0.468. The van der Waals surface area contributed by atoms with Crippen LogP contribution < -0.4 is 5.73 Å². The largest absolute Gasteiger partial charge is 0.325 e. The van der Waals surface area contributed by atoms with Crippen LogP contribution in [-0.2, 0) is 0 Å². The van der Waals surface area contributed by atoms with Gasteiger partial charge < -0.3 is 5.73 Å². The summed E-state index contributed by atoms with van der Waals surface area (Å²) in [5.41, 5.74) is 6.39. The van der Waals surface area contributed by atoms with E-state index >= 15 is 0 Å². The fraction of sp³-hybridized carbons (Fsp3) is 1.00. The number of hydrogen-bond acceptors (Lipinski definition) is 2. The summed E-state index contributed by atoms with van der Waals surface area (Å²) >= 11 is 0. The van der Waals surface area contributed by atoms with Crippen LogP contribution in [0, 0.1) is 5.41 Å². The SMILES string of the molecule is CC1(C)CCC(N2CC(N)C2)CC1. The molecule has 1 heterocycles. The number of nitrogens with two attached hydrogens (primary N) is 1. The molecule has 0 bridgehead atoms. The van der Waals surface area contributed by atoms with Crippen molar-refractivity contribution in [3.8, 4) is 0 Å². The second-order valence-corrected chi connectivity index (χ2v) is 5.61. The Hall–Kier alpha value is -0.0800. The summed E-state index contributed by atoms with van der Waals surface area (Å²) in [7, 11) is 0. The van der Waals surface area contributed by atoms with E-state index in [0.717, 1.165) is 19.1 Å². The Morgan fingerprint density at radius 2 is 1.69 bits per heavy atom. The molecule has 0 amide bonds. The minimum atomic E-state index is 0.468. The van der Waals surface area contributed by atoms with Gasteiger partial charge in [0.25, 0.3) is 0 Å². The van der Waals surface area contributed by atoms with Gasteiger partial charge in [-0.15, -0.1) is 0 Å². The Morgan fingerprint density at radius 3 is 2.15 bits per heavy atom. The van der Waals surface area contributed by atoms with Crippen LogP contribution in [0.15, 0.2) is 0 Å². The lowest BCUT2D eigenvalue weighted by Crippen LogP contribution is -2.60.